The van der Waals surface area contributed by atoms with Crippen molar-refractivity contribution in [2.24, 2.45) is 0 Å². The molecule has 1 saturated heterocycles. The highest BCUT2D eigenvalue weighted by molar-refractivity contribution is 7.13. The molecule has 0 bridgehead atoms. The van der Waals surface area contributed by atoms with Crippen LogP contribution < -0.4 is 10.6 Å². The normalized spacial score (nSPS) is 24.3. The van der Waals surface area contributed by atoms with E-state index in [4.69, 9.17) is 0 Å². The second-order valence-corrected chi connectivity index (χ2v) is 5.64. The van der Waals surface area contributed by atoms with Gasteiger partial charge in [0.2, 0.25) is 0 Å². The van der Waals surface area contributed by atoms with Crippen LogP contribution in [0.5, 0.6) is 0 Å². The molecule has 0 amide bonds. The molecule has 6 heteroatoms. The molecule has 0 spiro atoms. The second-order valence-electron chi connectivity index (χ2n) is 4.89. The van der Waals surface area contributed by atoms with Gasteiger partial charge >= 0.3 is 0 Å². The van der Waals surface area contributed by atoms with E-state index in [1.165, 1.54) is 11.5 Å². The smallest absolute Gasteiger partial charge is 0.149 e. The average Bonchev–Trinajstić information content (AvgIpc) is 2.72. The van der Waals surface area contributed by atoms with E-state index in [1.807, 2.05) is 6.92 Å². The minimum Gasteiger partial charge on any atom is -0.367 e. The molecule has 1 aliphatic rings. The predicted molar refractivity (Wildman–Crippen MR) is 74.1 cm³/mol. The van der Waals surface area contributed by atoms with E-state index in [1.54, 1.807) is 6.33 Å². The third-order valence-corrected chi connectivity index (χ3v) is 4.26. The zero-order valence-electron chi connectivity index (χ0n) is 10.6. The standard InChI is InChI=1S/C12H17N5S/c1-7-5-9(3-4-13-7)16-11-10-8(2)17-18-12(10)15-6-14-11/h6-7,9,13H,3-5H2,1-2H3,(H,14,15,16). The van der Waals surface area contributed by atoms with Crippen LogP contribution >= 0.6 is 11.5 Å². The van der Waals surface area contributed by atoms with Gasteiger partial charge in [-0.05, 0) is 44.8 Å². The van der Waals surface area contributed by atoms with E-state index in [0.29, 0.717) is 12.1 Å². The van der Waals surface area contributed by atoms with Crippen molar-refractivity contribution in [1.82, 2.24) is 19.7 Å². The number of aryl methyl sites for hydroxylation is 1. The Bertz CT molecular complexity index is 552. The zero-order valence-corrected chi connectivity index (χ0v) is 11.4. The Balaban J connectivity index is 1.88. The Morgan fingerprint density at radius 1 is 1.44 bits per heavy atom. The number of aromatic nitrogens is 3. The number of piperidine rings is 1. The van der Waals surface area contributed by atoms with Crippen molar-refractivity contribution in [3.63, 3.8) is 0 Å². The fourth-order valence-corrected chi connectivity index (χ4v) is 3.23. The number of rotatable bonds is 2. The Morgan fingerprint density at radius 2 is 2.33 bits per heavy atom. The van der Waals surface area contributed by atoms with E-state index < -0.39 is 0 Å². The summed E-state index contributed by atoms with van der Waals surface area (Å²) in [5, 5.41) is 8.09. The van der Waals surface area contributed by atoms with E-state index in [2.05, 4.69) is 31.9 Å². The molecule has 3 heterocycles. The maximum absolute atomic E-state index is 4.38. The van der Waals surface area contributed by atoms with Crippen LogP contribution in [0.4, 0.5) is 5.82 Å². The molecule has 1 fully saturated rings. The molecule has 2 aromatic rings. The van der Waals surface area contributed by atoms with Gasteiger partial charge in [-0.15, -0.1) is 0 Å². The van der Waals surface area contributed by atoms with Crippen molar-refractivity contribution in [2.45, 2.75) is 38.8 Å². The van der Waals surface area contributed by atoms with Gasteiger partial charge in [-0.2, -0.15) is 4.37 Å². The highest BCUT2D eigenvalue weighted by Gasteiger charge is 2.20. The van der Waals surface area contributed by atoms with Crippen LogP contribution in [0.25, 0.3) is 10.2 Å². The molecule has 2 atom stereocenters. The maximum atomic E-state index is 4.38. The molecular weight excluding hydrogens is 246 g/mol. The lowest BCUT2D eigenvalue weighted by Gasteiger charge is -2.29. The van der Waals surface area contributed by atoms with E-state index in [-0.39, 0.29) is 0 Å². The summed E-state index contributed by atoms with van der Waals surface area (Å²) < 4.78 is 4.35. The van der Waals surface area contributed by atoms with Gasteiger partial charge in [0.25, 0.3) is 0 Å². The van der Waals surface area contributed by atoms with Crippen LogP contribution in [0.15, 0.2) is 6.33 Å². The van der Waals surface area contributed by atoms with Crippen molar-refractivity contribution in [3.8, 4) is 0 Å². The summed E-state index contributed by atoms with van der Waals surface area (Å²) in [5.41, 5.74) is 1.01. The Labute approximate surface area is 110 Å². The fraction of sp³-hybridized carbons (Fsp3) is 0.583. The Hall–Kier alpha value is -1.27. The van der Waals surface area contributed by atoms with Gasteiger partial charge in [0.1, 0.15) is 17.0 Å². The van der Waals surface area contributed by atoms with Gasteiger partial charge in [0, 0.05) is 12.1 Å². The van der Waals surface area contributed by atoms with Crippen molar-refractivity contribution in [2.75, 3.05) is 11.9 Å². The minimum absolute atomic E-state index is 0.485. The summed E-state index contributed by atoms with van der Waals surface area (Å²) in [7, 11) is 0. The van der Waals surface area contributed by atoms with Crippen molar-refractivity contribution in [3.05, 3.63) is 12.0 Å². The summed E-state index contributed by atoms with van der Waals surface area (Å²) in [6, 6.07) is 1.05. The highest BCUT2D eigenvalue weighted by Crippen LogP contribution is 2.27. The minimum atomic E-state index is 0.485. The fourth-order valence-electron chi connectivity index (χ4n) is 2.49. The first kappa shape index (κ1) is 11.8. The average molecular weight is 263 g/mol. The molecule has 2 unspecified atom stereocenters. The molecular formula is C12H17N5S. The monoisotopic (exact) mass is 263 g/mol. The lowest BCUT2D eigenvalue weighted by molar-refractivity contribution is 0.396. The first-order valence-electron chi connectivity index (χ1n) is 6.31. The van der Waals surface area contributed by atoms with Gasteiger partial charge in [-0.3, -0.25) is 0 Å². The van der Waals surface area contributed by atoms with Crippen LogP contribution in [0.2, 0.25) is 0 Å². The summed E-state index contributed by atoms with van der Waals surface area (Å²) in [4.78, 5) is 9.61. The van der Waals surface area contributed by atoms with Gasteiger partial charge in [-0.25, -0.2) is 9.97 Å². The molecule has 0 aliphatic carbocycles. The Kier molecular flexibility index (Phi) is 3.13. The molecule has 3 rings (SSSR count). The number of hydrogen-bond donors (Lipinski definition) is 2. The molecule has 0 radical (unpaired) electrons. The number of nitrogens with one attached hydrogen (secondary N) is 2. The van der Waals surface area contributed by atoms with Crippen molar-refractivity contribution >= 4 is 27.6 Å². The van der Waals surface area contributed by atoms with Gasteiger partial charge < -0.3 is 10.6 Å². The molecule has 2 N–H and O–H groups in total. The third-order valence-electron chi connectivity index (χ3n) is 3.41. The van der Waals surface area contributed by atoms with E-state index >= 15 is 0 Å². The van der Waals surface area contributed by atoms with E-state index in [9.17, 15) is 0 Å². The molecule has 5 nitrogen and oxygen atoms in total. The lowest BCUT2D eigenvalue weighted by atomic mass is 10.0. The topological polar surface area (TPSA) is 62.7 Å². The lowest BCUT2D eigenvalue weighted by Crippen LogP contribution is -2.41. The van der Waals surface area contributed by atoms with Gasteiger partial charge in [0.05, 0.1) is 11.1 Å². The summed E-state index contributed by atoms with van der Waals surface area (Å²) >= 11 is 1.44. The molecule has 0 aromatic carbocycles. The molecule has 96 valence electrons. The van der Waals surface area contributed by atoms with Crippen LogP contribution in [0, 0.1) is 6.92 Å². The molecule has 1 aliphatic heterocycles. The quantitative estimate of drug-likeness (QED) is 0.867. The SMILES string of the molecule is Cc1nsc2ncnc(NC3CCNC(C)C3)c12. The molecule has 18 heavy (non-hydrogen) atoms. The zero-order chi connectivity index (χ0) is 12.5. The first-order valence-corrected chi connectivity index (χ1v) is 7.08. The molecule has 0 saturated carbocycles. The number of anilines is 1. The van der Waals surface area contributed by atoms with Gasteiger partial charge in [-0.1, -0.05) is 0 Å². The second kappa shape index (κ2) is 4.78. The number of nitrogens with zero attached hydrogens (tertiary/aromatic N) is 3. The number of hydrogen-bond acceptors (Lipinski definition) is 6. The third kappa shape index (κ3) is 2.18. The highest BCUT2D eigenvalue weighted by atomic mass is 32.1. The molecule has 2 aromatic heterocycles. The largest absolute Gasteiger partial charge is 0.367 e. The van der Waals surface area contributed by atoms with Crippen molar-refractivity contribution in [1.29, 1.82) is 0 Å². The van der Waals surface area contributed by atoms with Crippen LogP contribution in [-0.2, 0) is 0 Å². The van der Waals surface area contributed by atoms with Gasteiger partial charge in [0.15, 0.2) is 0 Å². The van der Waals surface area contributed by atoms with Crippen LogP contribution in [0.3, 0.4) is 0 Å². The number of fused-ring (bicyclic) bond motifs is 1. The first-order chi connectivity index (χ1) is 8.74. The predicted octanol–water partition coefficient (Wildman–Crippen LogP) is 1.95. The maximum Gasteiger partial charge on any atom is 0.149 e. The summed E-state index contributed by atoms with van der Waals surface area (Å²) in [5.74, 6) is 0.936. The van der Waals surface area contributed by atoms with Crippen LogP contribution in [-0.4, -0.2) is 33.0 Å². The Morgan fingerprint density at radius 3 is 3.17 bits per heavy atom. The summed E-state index contributed by atoms with van der Waals surface area (Å²) in [6.07, 6.45) is 3.88. The summed E-state index contributed by atoms with van der Waals surface area (Å²) in [6.45, 7) is 5.30. The van der Waals surface area contributed by atoms with E-state index in [0.717, 1.165) is 41.1 Å². The van der Waals surface area contributed by atoms with Crippen molar-refractivity contribution < 1.29 is 0 Å². The van der Waals surface area contributed by atoms with Crippen LogP contribution in [0.1, 0.15) is 25.5 Å².